The van der Waals surface area contributed by atoms with E-state index in [-0.39, 0.29) is 11.0 Å². The summed E-state index contributed by atoms with van der Waals surface area (Å²) in [5.41, 5.74) is 0.114. The van der Waals surface area contributed by atoms with Gasteiger partial charge >= 0.3 is 0 Å². The Labute approximate surface area is 107 Å². The number of Topliss-reactive ketones (excluding diaryl/α,β-unsaturated/α-hetero) is 1. The summed E-state index contributed by atoms with van der Waals surface area (Å²) < 4.78 is 1.10. The second-order valence-corrected chi connectivity index (χ2v) is 7.90. The fourth-order valence-corrected chi connectivity index (χ4v) is 2.68. The molecule has 0 aromatic heterocycles. The van der Waals surface area contributed by atoms with Gasteiger partial charge in [-0.05, 0) is 20.8 Å². The molecule has 17 heavy (non-hydrogen) atoms. The highest BCUT2D eigenvalue weighted by Crippen LogP contribution is 2.33. The van der Waals surface area contributed by atoms with E-state index in [1.54, 1.807) is 0 Å². The van der Waals surface area contributed by atoms with Gasteiger partial charge in [-0.15, -0.1) is 0 Å². The molecule has 0 aromatic rings. The Morgan fingerprint density at radius 1 is 1.00 bits per heavy atom. The van der Waals surface area contributed by atoms with E-state index in [9.17, 15) is 4.79 Å². The van der Waals surface area contributed by atoms with Gasteiger partial charge in [0.2, 0.25) is 0 Å². The van der Waals surface area contributed by atoms with Crippen molar-refractivity contribution in [3.8, 4) is 0 Å². The van der Waals surface area contributed by atoms with Crippen molar-refractivity contribution in [2.45, 2.75) is 59.9 Å². The molecule has 0 spiro atoms. The van der Waals surface area contributed by atoms with Crippen molar-refractivity contribution in [1.29, 1.82) is 0 Å². The summed E-state index contributed by atoms with van der Waals surface area (Å²) in [6.45, 7) is 15.3. The highest BCUT2D eigenvalue weighted by molar-refractivity contribution is 5.85. The first-order valence-electron chi connectivity index (χ1n) is 6.86. The zero-order chi connectivity index (χ0) is 13.5. The number of hydrogen-bond donors (Lipinski definition) is 0. The van der Waals surface area contributed by atoms with E-state index in [0.29, 0.717) is 11.7 Å². The molecular weight excluding hydrogens is 210 g/mol. The van der Waals surface area contributed by atoms with Crippen LogP contribution in [0.5, 0.6) is 0 Å². The number of carbonyl (C=O) groups is 1. The summed E-state index contributed by atoms with van der Waals surface area (Å²) >= 11 is 0. The van der Waals surface area contributed by atoms with Crippen LogP contribution in [0.3, 0.4) is 0 Å². The fourth-order valence-electron chi connectivity index (χ4n) is 2.68. The first kappa shape index (κ1) is 14.7. The second-order valence-electron chi connectivity index (χ2n) is 7.90. The number of nitrogens with zero attached hydrogens (tertiary/aromatic N) is 1. The van der Waals surface area contributed by atoms with Crippen molar-refractivity contribution in [2.75, 3.05) is 20.1 Å². The highest BCUT2D eigenvalue weighted by atomic mass is 16.1. The van der Waals surface area contributed by atoms with Crippen LogP contribution in [0.25, 0.3) is 0 Å². The lowest BCUT2D eigenvalue weighted by molar-refractivity contribution is -0.958. The smallest absolute Gasteiger partial charge is 0.141 e. The van der Waals surface area contributed by atoms with E-state index in [4.69, 9.17) is 0 Å². The Bertz CT molecular complexity index is 285. The van der Waals surface area contributed by atoms with Crippen LogP contribution in [-0.4, -0.2) is 35.9 Å². The maximum absolute atomic E-state index is 12.3. The van der Waals surface area contributed by atoms with Crippen molar-refractivity contribution < 1.29 is 9.28 Å². The molecule has 1 saturated heterocycles. The molecule has 0 atom stereocenters. The van der Waals surface area contributed by atoms with Crippen LogP contribution in [0, 0.1) is 11.3 Å². The number of piperidine rings is 1. The molecule has 1 heterocycles. The van der Waals surface area contributed by atoms with Crippen molar-refractivity contribution >= 4 is 5.78 Å². The van der Waals surface area contributed by atoms with Crippen molar-refractivity contribution in [2.24, 2.45) is 11.3 Å². The molecule has 0 saturated carbocycles. The normalized spacial score (nSPS) is 31.4. The summed E-state index contributed by atoms with van der Waals surface area (Å²) in [7, 11) is 2.33. The zero-order valence-corrected chi connectivity index (χ0v) is 12.8. The lowest BCUT2D eigenvalue weighted by Crippen LogP contribution is -2.61. The van der Waals surface area contributed by atoms with E-state index >= 15 is 0 Å². The van der Waals surface area contributed by atoms with Crippen LogP contribution in [0.1, 0.15) is 54.4 Å². The van der Waals surface area contributed by atoms with Crippen LogP contribution in [-0.2, 0) is 4.79 Å². The van der Waals surface area contributed by atoms with Gasteiger partial charge in [-0.2, -0.15) is 0 Å². The average molecular weight is 240 g/mol. The Balaban J connectivity index is 2.67. The van der Waals surface area contributed by atoms with Gasteiger partial charge in [0.1, 0.15) is 5.78 Å². The monoisotopic (exact) mass is 240 g/mol. The molecule has 0 aliphatic carbocycles. The van der Waals surface area contributed by atoms with Gasteiger partial charge in [-0.1, -0.05) is 20.8 Å². The van der Waals surface area contributed by atoms with Crippen LogP contribution in [0.4, 0.5) is 0 Å². The van der Waals surface area contributed by atoms with Gasteiger partial charge in [0.15, 0.2) is 0 Å². The van der Waals surface area contributed by atoms with Crippen LogP contribution in [0.15, 0.2) is 0 Å². The van der Waals surface area contributed by atoms with E-state index in [1.807, 2.05) is 20.8 Å². The van der Waals surface area contributed by atoms with Crippen LogP contribution < -0.4 is 0 Å². The van der Waals surface area contributed by atoms with Gasteiger partial charge in [0.25, 0.3) is 0 Å². The summed E-state index contributed by atoms with van der Waals surface area (Å²) in [5, 5.41) is 0. The highest BCUT2D eigenvalue weighted by Gasteiger charge is 2.42. The molecule has 2 heteroatoms. The lowest BCUT2D eigenvalue weighted by atomic mass is 9.78. The third-order valence-corrected chi connectivity index (χ3v) is 4.67. The average Bonchev–Trinajstić information content (AvgIpc) is 2.15. The second kappa shape index (κ2) is 4.38. The molecule has 1 aliphatic heterocycles. The van der Waals surface area contributed by atoms with Gasteiger partial charge < -0.3 is 4.48 Å². The summed E-state index contributed by atoms with van der Waals surface area (Å²) in [5.74, 6) is 0.751. The molecule has 0 unspecified atom stereocenters. The molecule has 0 aromatic carbocycles. The molecule has 1 aliphatic rings. The number of likely N-dealkylation sites (tertiary alicyclic amines) is 1. The zero-order valence-electron chi connectivity index (χ0n) is 12.8. The Kier molecular flexibility index (Phi) is 3.79. The SMILES string of the molecule is CC(C)(C)C(=O)C1CC[N+](C)(C(C)(C)C)CC1. The minimum atomic E-state index is -0.173. The molecule has 1 fully saturated rings. The minimum Gasteiger partial charge on any atom is -0.322 e. The Hall–Kier alpha value is -0.370. The first-order valence-corrected chi connectivity index (χ1v) is 6.86. The third-order valence-electron chi connectivity index (χ3n) is 4.67. The van der Waals surface area contributed by atoms with E-state index in [2.05, 4.69) is 27.8 Å². The molecule has 1 rings (SSSR count). The Morgan fingerprint density at radius 3 is 1.71 bits per heavy atom. The minimum absolute atomic E-state index is 0.173. The molecule has 0 bridgehead atoms. The van der Waals surface area contributed by atoms with Crippen LogP contribution in [0.2, 0.25) is 0 Å². The third kappa shape index (κ3) is 3.09. The quantitative estimate of drug-likeness (QED) is 0.643. The number of hydrogen-bond acceptors (Lipinski definition) is 1. The first-order chi connectivity index (χ1) is 7.47. The topological polar surface area (TPSA) is 17.1 Å². The predicted molar refractivity (Wildman–Crippen MR) is 72.9 cm³/mol. The number of carbonyl (C=O) groups excluding carboxylic acids is 1. The summed E-state index contributed by atoms with van der Waals surface area (Å²) in [6.07, 6.45) is 2.12. The van der Waals surface area contributed by atoms with Crippen molar-refractivity contribution in [3.63, 3.8) is 0 Å². The molecule has 0 N–H and O–H groups in total. The fraction of sp³-hybridized carbons (Fsp3) is 0.933. The maximum Gasteiger partial charge on any atom is 0.141 e. The maximum atomic E-state index is 12.3. The lowest BCUT2D eigenvalue weighted by Gasteiger charge is -2.49. The largest absolute Gasteiger partial charge is 0.322 e. The van der Waals surface area contributed by atoms with Gasteiger partial charge in [-0.3, -0.25) is 4.79 Å². The molecule has 100 valence electrons. The van der Waals surface area contributed by atoms with Gasteiger partial charge in [0, 0.05) is 24.2 Å². The summed E-state index contributed by atoms with van der Waals surface area (Å²) in [4.78, 5) is 12.3. The standard InChI is InChI=1S/C15H30NO/c1-14(2,3)13(17)12-8-10-16(7,11-9-12)15(4,5)6/h12H,8-11H2,1-7H3/q+1. The van der Waals surface area contributed by atoms with Crippen LogP contribution >= 0.6 is 0 Å². The Morgan fingerprint density at radius 2 is 1.41 bits per heavy atom. The van der Waals surface area contributed by atoms with Crippen molar-refractivity contribution in [3.05, 3.63) is 0 Å². The molecular formula is C15H30NO+. The van der Waals surface area contributed by atoms with E-state index in [1.165, 1.54) is 0 Å². The predicted octanol–water partition coefficient (Wildman–Crippen LogP) is 3.26. The number of rotatable bonds is 1. The van der Waals surface area contributed by atoms with E-state index < -0.39 is 0 Å². The summed E-state index contributed by atoms with van der Waals surface area (Å²) in [6, 6.07) is 0. The van der Waals surface area contributed by atoms with Gasteiger partial charge in [0.05, 0.1) is 25.7 Å². The van der Waals surface area contributed by atoms with Gasteiger partial charge in [-0.25, -0.2) is 0 Å². The number of quaternary nitrogens is 1. The number of ketones is 1. The van der Waals surface area contributed by atoms with E-state index in [0.717, 1.165) is 30.4 Å². The van der Waals surface area contributed by atoms with Crippen molar-refractivity contribution in [1.82, 2.24) is 0 Å². The molecule has 0 amide bonds. The molecule has 2 nitrogen and oxygen atoms in total. The molecule has 0 radical (unpaired) electrons.